The summed E-state index contributed by atoms with van der Waals surface area (Å²) in [5.41, 5.74) is 2.67. The number of pyridine rings is 1. The minimum atomic E-state index is -0.527. The summed E-state index contributed by atoms with van der Waals surface area (Å²) in [5, 5.41) is 22.1. The standard InChI is InChI=1S/C28H24BrCl2N9O2/c1-15(2)33-27(41)21-12-19(30)11-16(3)24(21)34-28(42)23-13-20(36-40(23)26-22(31)5-4-10-32-26)14-39-25(35-37-38-39)17-6-8-18(29)9-7-17/h4-13,15H,14H2,1-3H3,(H2,33,34,41,42)/p+1. The summed E-state index contributed by atoms with van der Waals surface area (Å²) in [6.07, 6.45) is 1.56. The van der Waals surface area contributed by atoms with Crippen LogP contribution in [0.1, 0.15) is 46.0 Å². The minimum Gasteiger partial charge on any atom is -0.350 e. The number of carbonyl (C=O) groups excluding carboxylic acids is 2. The van der Waals surface area contributed by atoms with Gasteiger partial charge in [0.25, 0.3) is 11.8 Å². The number of benzene rings is 2. The summed E-state index contributed by atoms with van der Waals surface area (Å²) >= 11 is 16.2. The first-order chi connectivity index (χ1) is 20.1. The molecule has 3 N–H and O–H groups in total. The van der Waals surface area contributed by atoms with Gasteiger partial charge < -0.3 is 10.6 Å². The molecule has 0 fully saturated rings. The molecule has 0 atom stereocenters. The number of hydrogen-bond donors (Lipinski definition) is 3. The number of hydrogen-bond acceptors (Lipinski definition) is 6. The maximum atomic E-state index is 13.8. The Morgan fingerprint density at radius 3 is 2.57 bits per heavy atom. The number of rotatable bonds is 8. The predicted octanol–water partition coefficient (Wildman–Crippen LogP) is 5.16. The van der Waals surface area contributed by atoms with Gasteiger partial charge in [-0.05, 0) is 80.9 Å². The molecular formula is C28H25BrCl2N9O2+. The third-order valence-corrected chi connectivity index (χ3v) is 7.17. The highest BCUT2D eigenvalue weighted by molar-refractivity contribution is 9.10. The average molecular weight is 670 g/mol. The largest absolute Gasteiger partial charge is 0.350 e. The highest BCUT2D eigenvalue weighted by Crippen LogP contribution is 2.27. The molecule has 2 aromatic carbocycles. The lowest BCUT2D eigenvalue weighted by Gasteiger charge is -2.16. The Balaban J connectivity index is 1.54. The van der Waals surface area contributed by atoms with Crippen molar-refractivity contribution in [2.75, 3.05) is 5.32 Å². The maximum absolute atomic E-state index is 13.8. The van der Waals surface area contributed by atoms with Gasteiger partial charge in [0.1, 0.15) is 23.0 Å². The van der Waals surface area contributed by atoms with Crippen molar-refractivity contribution < 1.29 is 14.3 Å². The zero-order chi connectivity index (χ0) is 30.0. The van der Waals surface area contributed by atoms with Crippen LogP contribution in [-0.2, 0) is 6.54 Å². The zero-order valence-electron chi connectivity index (χ0n) is 22.7. The van der Waals surface area contributed by atoms with Gasteiger partial charge in [0, 0.05) is 21.7 Å². The van der Waals surface area contributed by atoms with Crippen molar-refractivity contribution in [3.8, 4) is 17.2 Å². The van der Waals surface area contributed by atoms with Crippen molar-refractivity contribution in [3.05, 3.63) is 97.8 Å². The van der Waals surface area contributed by atoms with E-state index in [0.717, 1.165) is 10.0 Å². The van der Waals surface area contributed by atoms with Crippen LogP contribution in [0.25, 0.3) is 17.2 Å². The first-order valence-corrected chi connectivity index (χ1v) is 14.3. The second-order valence-electron chi connectivity index (χ2n) is 9.69. The lowest BCUT2D eigenvalue weighted by Crippen LogP contribution is -2.38. The van der Waals surface area contributed by atoms with Gasteiger partial charge in [-0.3, -0.25) is 9.59 Å². The number of H-pyrrole nitrogens is 1. The molecule has 0 radical (unpaired) electrons. The molecule has 5 rings (SSSR count). The molecule has 214 valence electrons. The third kappa shape index (κ3) is 6.35. The van der Waals surface area contributed by atoms with Crippen molar-refractivity contribution in [2.45, 2.75) is 33.4 Å². The van der Waals surface area contributed by atoms with Gasteiger partial charge in [0.05, 0.1) is 21.8 Å². The summed E-state index contributed by atoms with van der Waals surface area (Å²) < 4.78 is 4.01. The molecule has 0 aliphatic rings. The van der Waals surface area contributed by atoms with E-state index < -0.39 is 5.91 Å². The summed E-state index contributed by atoms with van der Waals surface area (Å²) in [7, 11) is 0. The second kappa shape index (κ2) is 12.4. The molecule has 0 aliphatic heterocycles. The molecule has 5 aromatic rings. The highest BCUT2D eigenvalue weighted by Gasteiger charge is 2.25. The number of aryl methyl sites for hydroxylation is 1. The number of anilines is 1. The normalized spacial score (nSPS) is 11.1. The molecule has 3 aromatic heterocycles. The first kappa shape index (κ1) is 29.4. The molecule has 0 saturated carbocycles. The Morgan fingerprint density at radius 2 is 1.86 bits per heavy atom. The number of nitrogens with zero attached hydrogens (tertiary/aromatic N) is 6. The molecule has 3 heterocycles. The number of halogens is 3. The van der Waals surface area contributed by atoms with Crippen molar-refractivity contribution >= 4 is 56.6 Å². The van der Waals surface area contributed by atoms with Crippen LogP contribution in [0.4, 0.5) is 5.69 Å². The zero-order valence-corrected chi connectivity index (χ0v) is 25.8. The van der Waals surface area contributed by atoms with E-state index in [0.29, 0.717) is 32.8 Å². The van der Waals surface area contributed by atoms with Crippen molar-refractivity contribution in [1.82, 2.24) is 35.6 Å². The Kier molecular flexibility index (Phi) is 8.66. The van der Waals surface area contributed by atoms with E-state index in [-0.39, 0.29) is 35.6 Å². The second-order valence-corrected chi connectivity index (χ2v) is 11.4. The van der Waals surface area contributed by atoms with E-state index in [1.807, 2.05) is 38.1 Å². The predicted molar refractivity (Wildman–Crippen MR) is 162 cm³/mol. The van der Waals surface area contributed by atoms with E-state index in [1.165, 1.54) is 10.7 Å². The monoisotopic (exact) mass is 668 g/mol. The fourth-order valence-electron chi connectivity index (χ4n) is 4.28. The Labute approximate surface area is 259 Å². The number of aromatic amines is 1. The minimum absolute atomic E-state index is 0.118. The lowest BCUT2D eigenvalue weighted by molar-refractivity contribution is -0.737. The molecule has 11 nitrogen and oxygen atoms in total. The van der Waals surface area contributed by atoms with E-state index in [9.17, 15) is 9.59 Å². The summed E-state index contributed by atoms with van der Waals surface area (Å²) in [4.78, 5) is 31.2. The number of carbonyl (C=O) groups is 2. The summed E-state index contributed by atoms with van der Waals surface area (Å²) in [6, 6.07) is 15.7. The fraction of sp³-hybridized carbons (Fsp3) is 0.179. The number of aromatic nitrogens is 7. The molecule has 0 saturated heterocycles. The van der Waals surface area contributed by atoms with E-state index >= 15 is 0 Å². The molecule has 0 aliphatic carbocycles. The summed E-state index contributed by atoms with van der Waals surface area (Å²) in [6.45, 7) is 5.66. The summed E-state index contributed by atoms with van der Waals surface area (Å²) in [5.74, 6) is -0.0459. The van der Waals surface area contributed by atoms with Gasteiger partial charge in [0.2, 0.25) is 0 Å². The highest BCUT2D eigenvalue weighted by atomic mass is 79.9. The van der Waals surface area contributed by atoms with Crippen LogP contribution in [-0.4, -0.2) is 48.1 Å². The molecule has 14 heteroatoms. The van der Waals surface area contributed by atoms with Gasteiger partial charge in [0.15, 0.2) is 11.0 Å². The molecule has 0 unspecified atom stereocenters. The number of amides is 2. The van der Waals surface area contributed by atoms with Crippen LogP contribution in [0.15, 0.2) is 65.3 Å². The molecular weight excluding hydrogens is 645 g/mol. The average Bonchev–Trinajstić information content (AvgIpc) is 3.58. The Morgan fingerprint density at radius 1 is 1.10 bits per heavy atom. The molecule has 0 spiro atoms. The Hall–Kier alpha value is -4.13. The molecule has 42 heavy (non-hydrogen) atoms. The van der Waals surface area contributed by atoms with Gasteiger partial charge in [-0.15, -0.1) is 0 Å². The molecule has 0 bridgehead atoms. The number of tetrazole rings is 1. The van der Waals surface area contributed by atoms with Gasteiger partial charge in [-0.2, -0.15) is 9.78 Å². The smallest absolute Gasteiger partial charge is 0.332 e. The van der Waals surface area contributed by atoms with Crippen molar-refractivity contribution in [3.63, 3.8) is 0 Å². The first-order valence-electron chi connectivity index (χ1n) is 12.8. The van der Waals surface area contributed by atoms with Crippen LogP contribution in [0.3, 0.4) is 0 Å². The molecule has 2 amide bonds. The van der Waals surface area contributed by atoms with Crippen LogP contribution >= 0.6 is 39.1 Å². The fourth-order valence-corrected chi connectivity index (χ4v) is 5.02. The van der Waals surface area contributed by atoms with Gasteiger partial charge >= 0.3 is 5.82 Å². The van der Waals surface area contributed by atoms with E-state index in [4.69, 9.17) is 23.2 Å². The van der Waals surface area contributed by atoms with Crippen LogP contribution in [0, 0.1) is 6.92 Å². The lowest BCUT2D eigenvalue weighted by atomic mass is 10.1. The quantitative estimate of drug-likeness (QED) is 0.196. The van der Waals surface area contributed by atoms with Crippen molar-refractivity contribution in [2.24, 2.45) is 0 Å². The van der Waals surface area contributed by atoms with E-state index in [1.54, 1.807) is 42.1 Å². The number of nitrogens with one attached hydrogen (secondary N) is 3. The third-order valence-electron chi connectivity index (χ3n) is 6.12. The topological polar surface area (TPSA) is 134 Å². The SMILES string of the molecule is Cc1cc(Cl)cc(C(=O)NC(C)C)c1NC(=O)c1cc(C[n+]2[nH]nnc2-c2ccc(Br)cc2)nn1-c1ncccc1Cl. The van der Waals surface area contributed by atoms with Crippen molar-refractivity contribution in [1.29, 1.82) is 0 Å². The van der Waals surface area contributed by atoms with Crippen LogP contribution in [0.2, 0.25) is 10.0 Å². The van der Waals surface area contributed by atoms with Gasteiger partial charge in [-0.25, -0.2) is 9.67 Å². The Bertz CT molecular complexity index is 1780. The van der Waals surface area contributed by atoms with Crippen LogP contribution < -0.4 is 15.3 Å². The van der Waals surface area contributed by atoms with Gasteiger partial charge in [-0.1, -0.05) is 44.3 Å². The maximum Gasteiger partial charge on any atom is 0.332 e. The van der Waals surface area contributed by atoms with E-state index in [2.05, 4.69) is 52.2 Å². The van der Waals surface area contributed by atoms with Crippen LogP contribution in [0.5, 0.6) is 0 Å².